The van der Waals surface area contributed by atoms with Crippen LogP contribution in [0.5, 0.6) is 5.75 Å². The van der Waals surface area contributed by atoms with Crippen LogP contribution in [-0.4, -0.2) is 98.5 Å². The number of nitrogens with zero attached hydrogens (tertiary/aromatic N) is 3. The highest BCUT2D eigenvalue weighted by Gasteiger charge is 2.40. The van der Waals surface area contributed by atoms with Crippen LogP contribution in [0.4, 0.5) is 5.69 Å². The zero-order chi connectivity index (χ0) is 32.6. The van der Waals surface area contributed by atoms with Crippen molar-refractivity contribution in [1.82, 2.24) is 20.2 Å². The Morgan fingerprint density at radius 3 is 2.62 bits per heavy atom. The average molecular weight is 696 g/mol. The van der Waals surface area contributed by atoms with Crippen LogP contribution in [0.15, 0.2) is 78.0 Å². The Balaban J connectivity index is 1.26. The minimum Gasteiger partial charge on any atom is -0.491 e. The number of thioether (sulfide) groups is 2. The molecule has 0 bridgehead atoms. The number of fused-ring (bicyclic) bond motifs is 1. The second kappa shape index (κ2) is 15.8. The van der Waals surface area contributed by atoms with Crippen LogP contribution in [0.2, 0.25) is 0 Å². The van der Waals surface area contributed by atoms with Crippen molar-refractivity contribution in [2.24, 2.45) is 0 Å². The Morgan fingerprint density at radius 1 is 1.11 bits per heavy atom. The van der Waals surface area contributed by atoms with Crippen molar-refractivity contribution in [3.63, 3.8) is 0 Å². The van der Waals surface area contributed by atoms with Crippen LogP contribution in [-0.2, 0) is 20.5 Å². The van der Waals surface area contributed by atoms with E-state index < -0.39 is 10.0 Å². The lowest BCUT2D eigenvalue weighted by Gasteiger charge is -2.30. The van der Waals surface area contributed by atoms with E-state index in [9.17, 15) is 13.2 Å². The summed E-state index contributed by atoms with van der Waals surface area (Å²) < 4.78 is 40.5. The molecular formula is C34H41N5O5S3. The van der Waals surface area contributed by atoms with Gasteiger partial charge in [0.05, 0.1) is 17.8 Å². The van der Waals surface area contributed by atoms with Crippen molar-refractivity contribution >= 4 is 56.0 Å². The third-order valence-electron chi connectivity index (χ3n) is 8.14. The molecule has 2 aromatic carbocycles. The molecule has 13 heteroatoms. The molecule has 1 unspecified atom stereocenters. The second-order valence-corrected chi connectivity index (χ2v) is 15.9. The van der Waals surface area contributed by atoms with Crippen molar-refractivity contribution in [2.75, 3.05) is 62.3 Å². The lowest BCUT2D eigenvalue weighted by atomic mass is 10.2. The second-order valence-electron chi connectivity index (χ2n) is 11.7. The van der Waals surface area contributed by atoms with Gasteiger partial charge in [0.25, 0.3) is 15.9 Å². The molecule has 1 atom stereocenters. The van der Waals surface area contributed by atoms with E-state index in [1.807, 2.05) is 35.7 Å². The maximum atomic E-state index is 14.0. The van der Waals surface area contributed by atoms with E-state index in [1.165, 1.54) is 22.1 Å². The Kier molecular flexibility index (Phi) is 11.3. The lowest BCUT2D eigenvalue weighted by Crippen LogP contribution is -2.42. The fourth-order valence-corrected chi connectivity index (χ4v) is 9.36. The number of methoxy groups -OCH3 is 1. The molecule has 2 aromatic heterocycles. The number of rotatable bonds is 16. The highest BCUT2D eigenvalue weighted by molar-refractivity contribution is 7.99. The third kappa shape index (κ3) is 8.63. The number of benzene rings is 2. The van der Waals surface area contributed by atoms with Crippen molar-refractivity contribution < 1.29 is 22.7 Å². The van der Waals surface area contributed by atoms with Gasteiger partial charge in [0, 0.05) is 79.5 Å². The van der Waals surface area contributed by atoms with Crippen molar-refractivity contribution in [3.05, 3.63) is 84.2 Å². The molecule has 0 radical (unpaired) electrons. The monoisotopic (exact) mass is 695 g/mol. The number of anilines is 1. The van der Waals surface area contributed by atoms with E-state index >= 15 is 0 Å². The summed E-state index contributed by atoms with van der Waals surface area (Å²) in [5.41, 5.74) is 2.61. The largest absolute Gasteiger partial charge is 0.491 e. The van der Waals surface area contributed by atoms with E-state index in [2.05, 4.69) is 44.5 Å². The Bertz CT molecular complexity index is 1730. The molecule has 1 saturated carbocycles. The average Bonchev–Trinajstić information content (AvgIpc) is 3.83. The number of carbonyl (C=O) groups is 1. The van der Waals surface area contributed by atoms with Crippen LogP contribution >= 0.6 is 23.5 Å². The molecule has 2 N–H and O–H groups in total. The molecular weight excluding hydrogens is 655 g/mol. The molecule has 250 valence electrons. The first-order valence-electron chi connectivity index (χ1n) is 15.9. The number of pyridine rings is 1. The fourth-order valence-electron chi connectivity index (χ4n) is 5.59. The lowest BCUT2D eigenvalue weighted by molar-refractivity contribution is 0.0948. The number of nitrogens with one attached hydrogen (secondary N) is 2. The molecule has 0 spiro atoms. The predicted octanol–water partition coefficient (Wildman–Crippen LogP) is 5.03. The number of aromatic nitrogens is 2. The van der Waals surface area contributed by atoms with Crippen LogP contribution < -0.4 is 14.4 Å². The summed E-state index contributed by atoms with van der Waals surface area (Å²) in [5.74, 6) is 3.39. The Labute approximate surface area is 285 Å². The van der Waals surface area contributed by atoms with E-state index in [4.69, 9.17) is 9.47 Å². The molecule has 10 nitrogen and oxygen atoms in total. The van der Waals surface area contributed by atoms with Gasteiger partial charge in [-0.2, -0.15) is 31.9 Å². The van der Waals surface area contributed by atoms with Gasteiger partial charge >= 0.3 is 0 Å². The van der Waals surface area contributed by atoms with Crippen molar-refractivity contribution in [2.45, 2.75) is 34.9 Å². The number of H-pyrrole nitrogens is 1. The number of sulfonamides is 1. The highest BCUT2D eigenvalue weighted by atomic mass is 32.2. The molecule has 2 aliphatic rings. The van der Waals surface area contributed by atoms with Crippen LogP contribution in [0.3, 0.4) is 0 Å². The quantitative estimate of drug-likeness (QED) is 0.156. The van der Waals surface area contributed by atoms with E-state index in [0.29, 0.717) is 47.8 Å². The number of hydrogen-bond acceptors (Lipinski definition) is 9. The van der Waals surface area contributed by atoms with Gasteiger partial charge in [0.15, 0.2) is 5.03 Å². The van der Waals surface area contributed by atoms with Crippen LogP contribution in [0.25, 0.3) is 10.9 Å². The first-order chi connectivity index (χ1) is 22.9. The summed E-state index contributed by atoms with van der Waals surface area (Å²) in [7, 11) is -2.39. The number of carbonyl (C=O) groups excluding carboxylic acids is 1. The summed E-state index contributed by atoms with van der Waals surface area (Å²) in [6.07, 6.45) is 2.94. The summed E-state index contributed by atoms with van der Waals surface area (Å²) >= 11 is 3.85. The van der Waals surface area contributed by atoms with Gasteiger partial charge in [0.1, 0.15) is 18.1 Å². The fraction of sp³-hybridized carbons (Fsp3) is 0.412. The molecule has 1 amide bonds. The number of amides is 1. The molecule has 47 heavy (non-hydrogen) atoms. The van der Waals surface area contributed by atoms with Crippen LogP contribution in [0, 0.1) is 0 Å². The van der Waals surface area contributed by atoms with Gasteiger partial charge in [-0.3, -0.25) is 9.10 Å². The van der Waals surface area contributed by atoms with Crippen molar-refractivity contribution in [3.8, 4) is 5.75 Å². The molecule has 6 rings (SSSR count). The molecule has 1 saturated heterocycles. The number of hydrogen-bond donors (Lipinski definition) is 2. The molecule has 3 heterocycles. The van der Waals surface area contributed by atoms with Gasteiger partial charge in [-0.15, -0.1) is 0 Å². The zero-order valence-corrected chi connectivity index (χ0v) is 28.9. The maximum absolute atomic E-state index is 14.0. The van der Waals surface area contributed by atoms with Crippen molar-refractivity contribution in [1.29, 1.82) is 0 Å². The zero-order valence-electron chi connectivity index (χ0n) is 26.5. The minimum atomic E-state index is -3.99. The summed E-state index contributed by atoms with van der Waals surface area (Å²) in [4.78, 5) is 23.6. The van der Waals surface area contributed by atoms with Crippen LogP contribution in [0.1, 0.15) is 28.9 Å². The van der Waals surface area contributed by atoms with Gasteiger partial charge in [-0.05, 0) is 42.7 Å². The maximum Gasteiger partial charge on any atom is 0.282 e. The molecule has 2 fully saturated rings. The first-order valence-corrected chi connectivity index (χ1v) is 19.5. The van der Waals surface area contributed by atoms with Gasteiger partial charge in [-0.1, -0.05) is 36.4 Å². The number of ether oxygens (including phenoxy) is 2. The molecule has 4 aromatic rings. The standard InChI is InChI=1S/C34H41N5O5S3/c1-43-15-16-44-28-19-26-20-30(37-33(26)31(21-28)39(27-10-11-27)47(41,42)32-9-5-6-12-35-32)34(40)36-22-29(23-38-13-17-45-18-14-38)46-24-25-7-3-2-4-8-25/h2-9,12,19-21,27,29,37H,10-11,13-18,22-24H2,1H3,(H,36,40). The molecule has 1 aliphatic heterocycles. The van der Waals surface area contributed by atoms with E-state index in [1.54, 1.807) is 31.4 Å². The summed E-state index contributed by atoms with van der Waals surface area (Å²) in [6.45, 7) is 4.20. The summed E-state index contributed by atoms with van der Waals surface area (Å²) in [5, 5.41) is 4.03. The van der Waals surface area contributed by atoms with E-state index in [-0.39, 0.29) is 22.2 Å². The third-order valence-corrected chi connectivity index (χ3v) is 12.2. The normalized spacial score (nSPS) is 16.2. The smallest absolute Gasteiger partial charge is 0.282 e. The topological polar surface area (TPSA) is 117 Å². The van der Waals surface area contributed by atoms with Gasteiger partial charge < -0.3 is 24.7 Å². The minimum absolute atomic E-state index is 0.0263. The van der Waals surface area contributed by atoms with Gasteiger partial charge in [-0.25, -0.2) is 4.98 Å². The highest BCUT2D eigenvalue weighted by Crippen LogP contribution is 2.41. The Hall–Kier alpha value is -3.23. The van der Waals surface area contributed by atoms with E-state index in [0.717, 1.165) is 49.7 Å². The van der Waals surface area contributed by atoms with Gasteiger partial charge in [0.2, 0.25) is 0 Å². The first kappa shape index (κ1) is 33.7. The number of aromatic amines is 1. The Morgan fingerprint density at radius 2 is 1.89 bits per heavy atom. The molecule has 1 aliphatic carbocycles. The summed E-state index contributed by atoms with van der Waals surface area (Å²) in [6, 6.07) is 20.4. The SMILES string of the molecule is COCCOc1cc(N(C2CC2)S(=O)(=O)c2ccccn2)c2[nH]c(C(=O)NCC(CN3CCSCC3)SCc3ccccc3)cc2c1. The predicted molar refractivity (Wildman–Crippen MR) is 190 cm³/mol.